The second-order valence-corrected chi connectivity index (χ2v) is 10.2. The Kier molecular flexibility index (Phi) is 7.98. The lowest BCUT2D eigenvalue weighted by Crippen LogP contribution is -2.27. The number of thiocarbonyl (C=S) groups is 1. The van der Waals surface area contributed by atoms with E-state index in [0.29, 0.717) is 37.1 Å². The van der Waals surface area contributed by atoms with Gasteiger partial charge in [0, 0.05) is 10.7 Å². The number of carbonyl (C=O) groups excluding carboxylic acids is 2. The minimum atomic E-state index is -0.286. The maximum Gasteiger partial charge on any atom is 0.270 e. The predicted octanol–water partition coefficient (Wildman–Crippen LogP) is 6.39. The fraction of sp³-hybridized carbons (Fsp3) is 0.148. The van der Waals surface area contributed by atoms with Crippen molar-refractivity contribution < 1.29 is 19.1 Å². The SMILES string of the molecule is COc1cc(/C=C2\SC(=S)N(c3ccc(C)c(Cl)c3)C2=O)ccc1OCC(=O)Nc1cccc(C)c1. The zero-order valence-corrected chi connectivity index (χ0v) is 22.2. The van der Waals surface area contributed by atoms with Gasteiger partial charge in [0.15, 0.2) is 22.4 Å². The Labute approximate surface area is 224 Å². The Hall–Kier alpha value is -3.33. The summed E-state index contributed by atoms with van der Waals surface area (Å²) in [6.07, 6.45) is 1.74. The standard InChI is InChI=1S/C27H23ClN2O4S2/c1-16-5-4-6-19(11-16)29-25(31)15-34-22-10-8-18(12-23(22)33-3)13-24-26(32)30(27(35)36-24)20-9-7-17(2)21(28)14-20/h4-14H,15H2,1-3H3,(H,29,31)/b24-13-. The molecule has 0 unspecified atom stereocenters. The first-order chi connectivity index (χ1) is 17.2. The fourth-order valence-corrected chi connectivity index (χ4v) is 4.99. The number of aryl methyl sites for hydroxylation is 2. The molecule has 1 aliphatic rings. The Morgan fingerprint density at radius 3 is 2.64 bits per heavy atom. The quantitative estimate of drug-likeness (QED) is 0.278. The molecule has 36 heavy (non-hydrogen) atoms. The molecule has 2 amide bonds. The molecule has 0 radical (unpaired) electrons. The third kappa shape index (κ3) is 5.90. The van der Waals surface area contributed by atoms with E-state index in [1.807, 2.05) is 50.2 Å². The molecule has 3 aromatic carbocycles. The van der Waals surface area contributed by atoms with Crippen molar-refractivity contribution in [3.8, 4) is 11.5 Å². The first-order valence-electron chi connectivity index (χ1n) is 11.0. The lowest BCUT2D eigenvalue weighted by Gasteiger charge is -2.15. The van der Waals surface area contributed by atoms with Gasteiger partial charge in [-0.25, -0.2) is 0 Å². The van der Waals surface area contributed by atoms with Gasteiger partial charge in [-0.1, -0.05) is 59.8 Å². The first kappa shape index (κ1) is 25.8. The average Bonchev–Trinajstić information content (AvgIpc) is 3.12. The molecule has 3 aromatic rings. The molecule has 1 heterocycles. The summed E-state index contributed by atoms with van der Waals surface area (Å²) < 4.78 is 11.6. The Morgan fingerprint density at radius 1 is 1.11 bits per heavy atom. The Bertz CT molecular complexity index is 1390. The second-order valence-electron chi connectivity index (χ2n) is 8.07. The van der Waals surface area contributed by atoms with Gasteiger partial charge in [-0.15, -0.1) is 0 Å². The van der Waals surface area contributed by atoms with Crippen LogP contribution in [0.2, 0.25) is 5.02 Å². The van der Waals surface area contributed by atoms with E-state index in [0.717, 1.165) is 16.7 Å². The smallest absolute Gasteiger partial charge is 0.270 e. The largest absolute Gasteiger partial charge is 0.493 e. The molecule has 4 rings (SSSR count). The van der Waals surface area contributed by atoms with Gasteiger partial charge in [-0.2, -0.15) is 0 Å². The Balaban J connectivity index is 1.46. The average molecular weight is 539 g/mol. The predicted molar refractivity (Wildman–Crippen MR) is 150 cm³/mol. The monoisotopic (exact) mass is 538 g/mol. The zero-order chi connectivity index (χ0) is 25.8. The molecule has 0 bridgehead atoms. The van der Waals surface area contributed by atoms with E-state index in [4.69, 9.17) is 33.3 Å². The number of rotatable bonds is 7. The van der Waals surface area contributed by atoms with Crippen LogP contribution in [0.3, 0.4) is 0 Å². The number of thioether (sulfide) groups is 1. The van der Waals surface area contributed by atoms with Gasteiger partial charge >= 0.3 is 0 Å². The summed E-state index contributed by atoms with van der Waals surface area (Å²) in [5, 5.41) is 3.37. The number of nitrogens with zero attached hydrogens (tertiary/aromatic N) is 1. The van der Waals surface area contributed by atoms with E-state index < -0.39 is 0 Å². The number of carbonyl (C=O) groups is 2. The van der Waals surface area contributed by atoms with E-state index in [1.165, 1.54) is 23.8 Å². The molecule has 0 aliphatic carbocycles. The van der Waals surface area contributed by atoms with Crippen molar-refractivity contribution in [3.63, 3.8) is 0 Å². The summed E-state index contributed by atoms with van der Waals surface area (Å²) in [6.45, 7) is 3.67. The zero-order valence-electron chi connectivity index (χ0n) is 19.8. The number of anilines is 2. The number of amides is 2. The minimum Gasteiger partial charge on any atom is -0.493 e. The van der Waals surface area contributed by atoms with E-state index in [2.05, 4.69) is 5.32 Å². The maximum atomic E-state index is 13.1. The van der Waals surface area contributed by atoms with Crippen molar-refractivity contribution in [2.75, 3.05) is 23.9 Å². The van der Waals surface area contributed by atoms with Gasteiger partial charge in [0.1, 0.15) is 0 Å². The molecule has 0 aromatic heterocycles. The fourth-order valence-electron chi connectivity index (χ4n) is 3.52. The van der Waals surface area contributed by atoms with Crippen molar-refractivity contribution in [2.24, 2.45) is 0 Å². The van der Waals surface area contributed by atoms with Crippen LogP contribution in [-0.2, 0) is 9.59 Å². The molecular weight excluding hydrogens is 516 g/mol. The van der Waals surface area contributed by atoms with Crippen LogP contribution in [0.4, 0.5) is 11.4 Å². The summed E-state index contributed by atoms with van der Waals surface area (Å²) in [4.78, 5) is 27.3. The van der Waals surface area contributed by atoms with E-state index in [9.17, 15) is 9.59 Å². The number of hydrogen-bond donors (Lipinski definition) is 1. The molecule has 1 fully saturated rings. The van der Waals surface area contributed by atoms with Gasteiger partial charge in [0.25, 0.3) is 11.8 Å². The van der Waals surface area contributed by atoms with Crippen LogP contribution in [0.1, 0.15) is 16.7 Å². The molecular formula is C27H23ClN2O4S2. The van der Waals surface area contributed by atoms with E-state index in [1.54, 1.807) is 30.3 Å². The third-order valence-corrected chi connectivity index (χ3v) is 7.06. The van der Waals surface area contributed by atoms with Crippen LogP contribution in [0, 0.1) is 13.8 Å². The topological polar surface area (TPSA) is 67.9 Å². The van der Waals surface area contributed by atoms with Gasteiger partial charge in [0.05, 0.1) is 17.7 Å². The number of ether oxygens (including phenoxy) is 2. The number of halogens is 1. The van der Waals surface area contributed by atoms with E-state index in [-0.39, 0.29) is 18.4 Å². The molecule has 9 heteroatoms. The lowest BCUT2D eigenvalue weighted by atomic mass is 10.1. The van der Waals surface area contributed by atoms with Crippen molar-refractivity contribution in [1.29, 1.82) is 0 Å². The molecule has 1 N–H and O–H groups in total. The Morgan fingerprint density at radius 2 is 1.92 bits per heavy atom. The van der Waals surface area contributed by atoms with Crippen LogP contribution in [0.5, 0.6) is 11.5 Å². The molecule has 1 saturated heterocycles. The summed E-state index contributed by atoms with van der Waals surface area (Å²) in [5.41, 5.74) is 4.03. The highest BCUT2D eigenvalue weighted by atomic mass is 35.5. The van der Waals surface area contributed by atoms with Crippen LogP contribution in [0.25, 0.3) is 6.08 Å². The molecule has 0 spiro atoms. The molecule has 0 saturated carbocycles. The first-order valence-corrected chi connectivity index (χ1v) is 12.6. The summed E-state index contributed by atoms with van der Waals surface area (Å²) >= 11 is 12.9. The molecule has 184 valence electrons. The number of methoxy groups -OCH3 is 1. The van der Waals surface area contributed by atoms with Gasteiger partial charge in [-0.05, 0) is 73.0 Å². The molecule has 0 atom stereocenters. The molecule has 6 nitrogen and oxygen atoms in total. The van der Waals surface area contributed by atoms with Gasteiger partial charge in [-0.3, -0.25) is 14.5 Å². The van der Waals surface area contributed by atoms with Crippen molar-refractivity contribution in [2.45, 2.75) is 13.8 Å². The number of nitrogens with one attached hydrogen (secondary N) is 1. The maximum absolute atomic E-state index is 13.1. The third-order valence-electron chi connectivity index (χ3n) is 5.35. The van der Waals surface area contributed by atoms with Crippen molar-refractivity contribution in [3.05, 3.63) is 87.3 Å². The van der Waals surface area contributed by atoms with Crippen LogP contribution in [-0.4, -0.2) is 29.9 Å². The minimum absolute atomic E-state index is 0.179. The van der Waals surface area contributed by atoms with Gasteiger partial charge < -0.3 is 14.8 Å². The van der Waals surface area contributed by atoms with Crippen molar-refractivity contribution in [1.82, 2.24) is 0 Å². The molecule has 1 aliphatic heterocycles. The number of hydrogen-bond acceptors (Lipinski definition) is 6. The number of benzene rings is 3. The highest BCUT2D eigenvalue weighted by Crippen LogP contribution is 2.38. The lowest BCUT2D eigenvalue weighted by molar-refractivity contribution is -0.118. The van der Waals surface area contributed by atoms with Crippen molar-refractivity contribution >= 4 is 69.2 Å². The summed E-state index contributed by atoms with van der Waals surface area (Å²) in [5.74, 6) is 0.340. The highest BCUT2D eigenvalue weighted by Gasteiger charge is 2.33. The summed E-state index contributed by atoms with van der Waals surface area (Å²) in [6, 6.07) is 18.1. The van der Waals surface area contributed by atoms with Crippen LogP contribution < -0.4 is 19.7 Å². The van der Waals surface area contributed by atoms with Crippen LogP contribution in [0.15, 0.2) is 65.6 Å². The summed E-state index contributed by atoms with van der Waals surface area (Å²) in [7, 11) is 1.51. The second kappa shape index (κ2) is 11.2. The van der Waals surface area contributed by atoms with Gasteiger partial charge in [0.2, 0.25) is 0 Å². The normalized spacial score (nSPS) is 14.3. The van der Waals surface area contributed by atoms with E-state index >= 15 is 0 Å². The van der Waals surface area contributed by atoms with Crippen LogP contribution >= 0.6 is 35.6 Å². The highest BCUT2D eigenvalue weighted by molar-refractivity contribution is 8.27.